The van der Waals surface area contributed by atoms with E-state index in [1.54, 1.807) is 14.2 Å². The maximum absolute atomic E-state index is 12.9. The van der Waals surface area contributed by atoms with Crippen LogP contribution in [0.4, 0.5) is 0 Å². The van der Waals surface area contributed by atoms with Gasteiger partial charge in [-0.05, 0) is 19.8 Å². The fourth-order valence-corrected chi connectivity index (χ4v) is 3.94. The van der Waals surface area contributed by atoms with Gasteiger partial charge in [-0.15, -0.1) is 0 Å². The second-order valence-electron chi connectivity index (χ2n) is 8.09. The molecule has 5 radical (unpaired) electrons. The summed E-state index contributed by atoms with van der Waals surface area (Å²) in [4.78, 5) is 25.4. The van der Waals surface area contributed by atoms with Crippen molar-refractivity contribution in [3.05, 3.63) is 32.6 Å². The highest BCUT2D eigenvalue weighted by Gasteiger charge is 2.59. The molecule has 2 aliphatic heterocycles. The molecule has 4 N–H and O–H groups in total. The van der Waals surface area contributed by atoms with Gasteiger partial charge in [-0.3, -0.25) is 13.9 Å². The smallest absolute Gasteiger partial charge is 0.333 e. The van der Waals surface area contributed by atoms with Crippen LogP contribution in [0.1, 0.15) is 31.1 Å². The number of rotatable bonds is 8. The van der Waals surface area contributed by atoms with Crippen LogP contribution in [0.5, 0.6) is 0 Å². The van der Waals surface area contributed by atoms with Crippen LogP contribution in [-0.2, 0) is 11.3 Å². The molecule has 0 amide bonds. The highest BCUT2D eigenvalue weighted by molar-refractivity contribution is 6.81. The normalized spacial score (nSPS) is 34.7. The number of nitrogens with zero attached hydrogens (tertiary/aromatic N) is 2. The van der Waals surface area contributed by atoms with E-state index in [9.17, 15) is 24.9 Å². The van der Waals surface area contributed by atoms with Crippen molar-refractivity contribution in [1.29, 1.82) is 0 Å². The molecule has 0 aliphatic carbocycles. The van der Waals surface area contributed by atoms with E-state index in [4.69, 9.17) is 25.5 Å². The first-order chi connectivity index (χ1) is 13.5. The SMILES string of the molecule is [B]C1(CCn2c(=O)c(C)cn([C@H]3C[C@H](O)[C@@H](CO)O3)c2=O)[B]C1([B])CC(O)CO. The van der Waals surface area contributed by atoms with Crippen LogP contribution in [0.3, 0.4) is 0 Å². The van der Waals surface area contributed by atoms with Gasteiger partial charge in [0.2, 0.25) is 0 Å². The molecule has 3 unspecified atom stereocenters. The Labute approximate surface area is 171 Å². The fourth-order valence-electron chi connectivity index (χ4n) is 3.94. The summed E-state index contributed by atoms with van der Waals surface area (Å²) in [7, 11) is 14.0. The number of ether oxygens (including phenoxy) is 1. The molecule has 0 bridgehead atoms. The number of aliphatic hydroxyl groups is 4. The van der Waals surface area contributed by atoms with Crippen LogP contribution in [-0.4, -0.2) is 84.1 Å². The minimum Gasteiger partial charge on any atom is -0.394 e. The zero-order valence-electron chi connectivity index (χ0n) is 16.3. The zero-order chi connectivity index (χ0) is 21.6. The topological polar surface area (TPSA) is 134 Å². The van der Waals surface area contributed by atoms with E-state index in [0.717, 1.165) is 4.57 Å². The monoisotopic (exact) mass is 401 g/mol. The number of hydrogen-bond donors (Lipinski definition) is 4. The van der Waals surface area contributed by atoms with Gasteiger partial charge in [-0.25, -0.2) is 4.79 Å². The lowest BCUT2D eigenvalue weighted by Gasteiger charge is -2.24. The zero-order valence-corrected chi connectivity index (χ0v) is 16.3. The fraction of sp³-hybridized carbons (Fsp3) is 0.765. The van der Waals surface area contributed by atoms with Crippen molar-refractivity contribution in [1.82, 2.24) is 9.13 Å². The predicted molar refractivity (Wildman–Crippen MR) is 106 cm³/mol. The summed E-state index contributed by atoms with van der Waals surface area (Å²) in [6, 6.07) is 0. The molecule has 0 aromatic carbocycles. The molecular weight excluding hydrogens is 377 g/mol. The highest BCUT2D eigenvalue weighted by atomic mass is 16.5. The van der Waals surface area contributed by atoms with Crippen molar-refractivity contribution in [2.75, 3.05) is 13.2 Å². The summed E-state index contributed by atoms with van der Waals surface area (Å²) >= 11 is 0. The molecule has 2 saturated heterocycles. The molecule has 1 aromatic rings. The van der Waals surface area contributed by atoms with Crippen LogP contribution in [0.2, 0.25) is 10.4 Å². The Morgan fingerprint density at radius 2 is 2.03 bits per heavy atom. The van der Waals surface area contributed by atoms with Crippen molar-refractivity contribution >= 4 is 23.0 Å². The van der Waals surface area contributed by atoms with Gasteiger partial charge in [0.1, 0.15) is 19.6 Å². The largest absolute Gasteiger partial charge is 0.394 e. The Balaban J connectivity index is 1.80. The van der Waals surface area contributed by atoms with Gasteiger partial charge in [-0.2, -0.15) is 0 Å². The Hall–Kier alpha value is -1.33. The van der Waals surface area contributed by atoms with Crippen molar-refractivity contribution in [2.24, 2.45) is 0 Å². The molecule has 153 valence electrons. The first-order valence-electron chi connectivity index (χ1n) is 9.56. The molecule has 0 spiro atoms. The second-order valence-corrected chi connectivity index (χ2v) is 8.09. The third-order valence-electron chi connectivity index (χ3n) is 5.89. The van der Waals surface area contributed by atoms with Gasteiger partial charge < -0.3 is 25.2 Å². The van der Waals surface area contributed by atoms with Gasteiger partial charge in [0.25, 0.3) is 5.56 Å². The summed E-state index contributed by atoms with van der Waals surface area (Å²) in [6.07, 6.45) is -1.76. The lowest BCUT2D eigenvalue weighted by atomic mass is 9.63. The summed E-state index contributed by atoms with van der Waals surface area (Å²) in [5.41, 5.74) is -0.764. The van der Waals surface area contributed by atoms with E-state index in [-0.39, 0.29) is 32.4 Å². The van der Waals surface area contributed by atoms with Crippen LogP contribution in [0.15, 0.2) is 15.8 Å². The van der Waals surface area contributed by atoms with E-state index in [1.807, 2.05) is 0 Å². The minimum absolute atomic E-state index is 0.000775. The molecule has 6 atom stereocenters. The minimum atomic E-state index is -1.01. The number of hydrogen-bond acceptors (Lipinski definition) is 7. The number of aliphatic hydroxyl groups excluding tert-OH is 4. The lowest BCUT2D eigenvalue weighted by molar-refractivity contribution is -0.0464. The first-order valence-corrected chi connectivity index (χ1v) is 9.56. The first kappa shape index (κ1) is 22.4. The molecule has 0 saturated carbocycles. The van der Waals surface area contributed by atoms with Crippen LogP contribution < -0.4 is 11.2 Å². The Kier molecular flexibility index (Phi) is 6.22. The van der Waals surface area contributed by atoms with Gasteiger partial charge in [0.15, 0.2) is 0 Å². The molecule has 2 aliphatic rings. The number of aromatic nitrogens is 2. The van der Waals surface area contributed by atoms with E-state index in [0.29, 0.717) is 5.56 Å². The summed E-state index contributed by atoms with van der Waals surface area (Å²) in [5, 5.41) is 35.8. The lowest BCUT2D eigenvalue weighted by Crippen LogP contribution is -2.42. The molecule has 3 heterocycles. The van der Waals surface area contributed by atoms with Gasteiger partial charge in [0.05, 0.1) is 41.1 Å². The van der Waals surface area contributed by atoms with Gasteiger partial charge >= 0.3 is 5.69 Å². The van der Waals surface area contributed by atoms with Gasteiger partial charge in [-0.1, -0.05) is 10.4 Å². The number of aryl methyl sites for hydroxylation is 1. The van der Waals surface area contributed by atoms with Crippen LogP contribution in [0, 0.1) is 6.92 Å². The molecule has 1 aromatic heterocycles. The van der Waals surface area contributed by atoms with E-state index < -0.39 is 52.8 Å². The summed E-state index contributed by atoms with van der Waals surface area (Å²) in [5.74, 6) is 0. The molecular formula is C17H24B3N2O7. The van der Waals surface area contributed by atoms with Crippen molar-refractivity contribution in [2.45, 2.75) is 67.7 Å². The van der Waals surface area contributed by atoms with E-state index in [1.165, 1.54) is 10.8 Å². The molecule has 12 heteroatoms. The van der Waals surface area contributed by atoms with Crippen molar-refractivity contribution < 1.29 is 25.2 Å². The van der Waals surface area contributed by atoms with Crippen molar-refractivity contribution in [3.63, 3.8) is 0 Å². The Morgan fingerprint density at radius 3 is 2.62 bits per heavy atom. The standard InChI is InChI=1S/C17H24B3N2O7/c1-9-6-22(13-4-11(26)12(8-24)29-13)15(28)21(14(9)27)3-2-16(18)17(19,20-16)5-10(25)7-23/h6,10-13,23-26H,2-5,7-8H2,1H3/t10?,11-,12+,13+,16?,17?/m0/s1. The summed E-state index contributed by atoms with van der Waals surface area (Å²) < 4.78 is 7.81. The van der Waals surface area contributed by atoms with Crippen LogP contribution >= 0.6 is 0 Å². The molecule has 29 heavy (non-hydrogen) atoms. The third-order valence-corrected chi connectivity index (χ3v) is 5.89. The van der Waals surface area contributed by atoms with E-state index in [2.05, 4.69) is 0 Å². The predicted octanol–water partition coefficient (Wildman–Crippen LogP) is -2.62. The van der Waals surface area contributed by atoms with Crippen molar-refractivity contribution in [3.8, 4) is 0 Å². The molecule has 9 nitrogen and oxygen atoms in total. The van der Waals surface area contributed by atoms with E-state index >= 15 is 0 Å². The second kappa shape index (κ2) is 8.07. The van der Waals surface area contributed by atoms with Crippen LogP contribution in [0.25, 0.3) is 0 Å². The Morgan fingerprint density at radius 1 is 1.34 bits per heavy atom. The van der Waals surface area contributed by atoms with Gasteiger partial charge in [0, 0.05) is 24.7 Å². The highest BCUT2D eigenvalue weighted by Crippen LogP contribution is 2.68. The summed E-state index contributed by atoms with van der Waals surface area (Å²) in [6.45, 7) is 0.747. The molecule has 2 fully saturated rings. The average Bonchev–Trinajstić information content (AvgIpc) is 3.00. The third kappa shape index (κ3) is 4.13. The average molecular weight is 401 g/mol. The maximum Gasteiger partial charge on any atom is 0.333 e. The Bertz CT molecular complexity index is 878. The molecule has 3 rings (SSSR count). The quantitative estimate of drug-likeness (QED) is 0.351. The maximum atomic E-state index is 12.9.